The third kappa shape index (κ3) is 2.41. The van der Waals surface area contributed by atoms with Gasteiger partial charge in [0.2, 0.25) is 0 Å². The topological polar surface area (TPSA) is 72.0 Å². The summed E-state index contributed by atoms with van der Waals surface area (Å²) < 4.78 is 12.9. The van der Waals surface area contributed by atoms with E-state index in [0.717, 1.165) is 17.1 Å². The number of hydrogen-bond donors (Lipinski definition) is 2. The summed E-state index contributed by atoms with van der Waals surface area (Å²) in [6, 6.07) is 5.81. The Morgan fingerprint density at radius 1 is 1.21 bits per heavy atom. The van der Waals surface area contributed by atoms with E-state index in [1.165, 1.54) is 4.57 Å². The Kier molecular flexibility index (Phi) is 3.12. The lowest BCUT2D eigenvalue weighted by atomic mass is 10.1. The second-order valence-corrected chi connectivity index (χ2v) is 4.63. The molecular formula is C12H13N3O3S. The van der Waals surface area contributed by atoms with Crippen molar-refractivity contribution >= 4 is 12.2 Å². The summed E-state index contributed by atoms with van der Waals surface area (Å²) in [5.74, 6) is 1.53. The van der Waals surface area contributed by atoms with Gasteiger partial charge < -0.3 is 9.47 Å². The lowest BCUT2D eigenvalue weighted by Gasteiger charge is -2.18. The van der Waals surface area contributed by atoms with Gasteiger partial charge in [-0.25, -0.2) is 9.89 Å². The predicted octanol–water partition coefficient (Wildman–Crippen LogP) is 1.25. The highest BCUT2D eigenvalue weighted by Gasteiger charge is 2.11. The summed E-state index contributed by atoms with van der Waals surface area (Å²) in [6.45, 7) is 1.68. The molecule has 0 bridgehead atoms. The molecule has 0 spiro atoms. The zero-order valence-electron chi connectivity index (χ0n) is 10.1. The smallest absolute Gasteiger partial charge is 0.342 e. The van der Waals surface area contributed by atoms with Crippen LogP contribution < -0.4 is 15.2 Å². The molecule has 0 unspecified atom stereocenters. The van der Waals surface area contributed by atoms with Crippen LogP contribution in [0, 0.1) is 4.77 Å². The van der Waals surface area contributed by atoms with Crippen LogP contribution in [0.3, 0.4) is 0 Å². The first-order chi connectivity index (χ1) is 9.24. The first-order valence-electron chi connectivity index (χ1n) is 6.00. The predicted molar refractivity (Wildman–Crippen MR) is 71.4 cm³/mol. The molecule has 7 heteroatoms. The van der Waals surface area contributed by atoms with Crippen LogP contribution in [0.25, 0.3) is 0 Å². The van der Waals surface area contributed by atoms with Crippen LogP contribution in [0.2, 0.25) is 0 Å². The van der Waals surface area contributed by atoms with Crippen molar-refractivity contribution in [2.45, 2.75) is 13.0 Å². The van der Waals surface area contributed by atoms with Crippen LogP contribution in [-0.2, 0) is 13.0 Å². The molecule has 2 heterocycles. The molecule has 0 saturated heterocycles. The molecule has 2 N–H and O–H groups in total. The molecule has 100 valence electrons. The van der Waals surface area contributed by atoms with Crippen LogP contribution in [-0.4, -0.2) is 28.0 Å². The Morgan fingerprint density at radius 3 is 2.74 bits per heavy atom. The normalized spacial score (nSPS) is 13.5. The largest absolute Gasteiger partial charge is 0.486 e. The third-order valence-electron chi connectivity index (χ3n) is 3.00. The molecule has 0 radical (unpaired) electrons. The molecule has 0 aliphatic carbocycles. The van der Waals surface area contributed by atoms with Crippen LogP contribution in [0.5, 0.6) is 11.5 Å². The van der Waals surface area contributed by atoms with Gasteiger partial charge in [-0.2, -0.15) is 0 Å². The van der Waals surface area contributed by atoms with Gasteiger partial charge in [-0.3, -0.25) is 9.67 Å². The fraction of sp³-hybridized carbons (Fsp3) is 0.333. The van der Waals surface area contributed by atoms with Crippen LogP contribution in [0.1, 0.15) is 5.56 Å². The van der Waals surface area contributed by atoms with Gasteiger partial charge in [-0.05, 0) is 36.3 Å². The molecule has 0 amide bonds. The van der Waals surface area contributed by atoms with Crippen LogP contribution >= 0.6 is 12.2 Å². The monoisotopic (exact) mass is 279 g/mol. The Hall–Kier alpha value is -2.02. The van der Waals surface area contributed by atoms with Gasteiger partial charge in [0, 0.05) is 6.54 Å². The van der Waals surface area contributed by atoms with Crippen molar-refractivity contribution in [2.75, 3.05) is 13.2 Å². The van der Waals surface area contributed by atoms with E-state index in [1.807, 2.05) is 18.2 Å². The van der Waals surface area contributed by atoms with Crippen LogP contribution in [0.4, 0.5) is 0 Å². The van der Waals surface area contributed by atoms with E-state index < -0.39 is 0 Å². The van der Waals surface area contributed by atoms with E-state index >= 15 is 0 Å². The highest BCUT2D eigenvalue weighted by Crippen LogP contribution is 2.30. The van der Waals surface area contributed by atoms with E-state index in [0.29, 0.717) is 31.0 Å². The van der Waals surface area contributed by atoms with Crippen LogP contribution in [0.15, 0.2) is 23.0 Å². The fourth-order valence-electron chi connectivity index (χ4n) is 2.02. The standard InChI is InChI=1S/C12H13N3O3S/c16-11-13-14-12(19)15(11)4-3-8-1-2-9-10(7-8)18-6-5-17-9/h1-2,7H,3-6H2,(H,13,16)(H,14,19). The number of aromatic nitrogens is 3. The molecule has 0 atom stereocenters. The highest BCUT2D eigenvalue weighted by molar-refractivity contribution is 7.71. The van der Waals surface area contributed by atoms with Gasteiger partial charge in [-0.15, -0.1) is 0 Å². The minimum Gasteiger partial charge on any atom is -0.486 e. The molecule has 1 aromatic heterocycles. The molecule has 0 saturated carbocycles. The lowest BCUT2D eigenvalue weighted by Crippen LogP contribution is -2.18. The van der Waals surface area contributed by atoms with Crippen molar-refractivity contribution in [1.82, 2.24) is 14.8 Å². The summed E-state index contributed by atoms with van der Waals surface area (Å²) in [6.07, 6.45) is 0.700. The third-order valence-corrected chi connectivity index (χ3v) is 3.32. The first kappa shape index (κ1) is 12.0. The Bertz CT molecular complexity index is 673. The number of benzene rings is 1. The summed E-state index contributed by atoms with van der Waals surface area (Å²) in [7, 11) is 0. The van der Waals surface area contributed by atoms with Crippen molar-refractivity contribution in [1.29, 1.82) is 0 Å². The SMILES string of the molecule is O=c1[nH][nH]c(=S)n1CCc1ccc2c(c1)OCCO2. The van der Waals surface area contributed by atoms with Gasteiger partial charge in [0.1, 0.15) is 13.2 Å². The summed E-state index contributed by atoms with van der Waals surface area (Å²) in [5, 5.41) is 5.08. The number of fused-ring (bicyclic) bond motifs is 1. The first-order valence-corrected chi connectivity index (χ1v) is 6.41. The number of nitrogens with zero attached hydrogens (tertiary/aromatic N) is 1. The second kappa shape index (κ2) is 4.93. The number of aryl methyl sites for hydroxylation is 1. The van der Waals surface area contributed by atoms with Gasteiger partial charge in [0.05, 0.1) is 0 Å². The second-order valence-electron chi connectivity index (χ2n) is 4.24. The molecule has 2 aromatic rings. The van der Waals surface area contributed by atoms with E-state index in [9.17, 15) is 4.79 Å². The number of rotatable bonds is 3. The zero-order chi connectivity index (χ0) is 13.2. The maximum atomic E-state index is 11.5. The average Bonchev–Trinajstić information content (AvgIpc) is 2.76. The lowest BCUT2D eigenvalue weighted by molar-refractivity contribution is 0.171. The van der Waals surface area contributed by atoms with Crippen molar-refractivity contribution in [3.8, 4) is 11.5 Å². The highest BCUT2D eigenvalue weighted by atomic mass is 32.1. The molecule has 1 aliphatic heterocycles. The van der Waals surface area contributed by atoms with E-state index in [-0.39, 0.29) is 5.69 Å². The summed E-state index contributed by atoms with van der Waals surface area (Å²) in [5.41, 5.74) is 0.856. The van der Waals surface area contributed by atoms with E-state index in [4.69, 9.17) is 21.7 Å². The number of ether oxygens (including phenoxy) is 2. The molecule has 0 fully saturated rings. The fourth-order valence-corrected chi connectivity index (χ4v) is 2.25. The van der Waals surface area contributed by atoms with Gasteiger partial charge in [0.15, 0.2) is 16.3 Å². The Morgan fingerprint density at radius 2 is 2.00 bits per heavy atom. The quantitative estimate of drug-likeness (QED) is 0.829. The zero-order valence-corrected chi connectivity index (χ0v) is 11.0. The molecule has 3 rings (SSSR count). The van der Waals surface area contributed by atoms with Gasteiger partial charge in [0.25, 0.3) is 0 Å². The van der Waals surface area contributed by atoms with Crippen molar-refractivity contribution in [3.05, 3.63) is 39.0 Å². The Balaban J connectivity index is 1.77. The molecule has 1 aliphatic rings. The number of aromatic amines is 2. The maximum absolute atomic E-state index is 11.5. The van der Waals surface area contributed by atoms with E-state index in [2.05, 4.69) is 10.2 Å². The average molecular weight is 279 g/mol. The minimum absolute atomic E-state index is 0.220. The van der Waals surface area contributed by atoms with Gasteiger partial charge >= 0.3 is 5.69 Å². The Labute approximate surface area is 114 Å². The van der Waals surface area contributed by atoms with Crippen molar-refractivity contribution in [3.63, 3.8) is 0 Å². The van der Waals surface area contributed by atoms with E-state index in [1.54, 1.807) is 0 Å². The maximum Gasteiger partial charge on any atom is 0.342 e. The summed E-state index contributed by atoms with van der Waals surface area (Å²) in [4.78, 5) is 11.5. The van der Waals surface area contributed by atoms with Gasteiger partial charge in [-0.1, -0.05) is 6.07 Å². The van der Waals surface area contributed by atoms with Crippen molar-refractivity contribution < 1.29 is 9.47 Å². The van der Waals surface area contributed by atoms with Crippen molar-refractivity contribution in [2.24, 2.45) is 0 Å². The number of nitrogens with one attached hydrogen (secondary N) is 2. The molecule has 1 aromatic carbocycles. The molecular weight excluding hydrogens is 266 g/mol. The minimum atomic E-state index is -0.220. The molecule has 6 nitrogen and oxygen atoms in total. The number of H-pyrrole nitrogens is 2. The molecule has 19 heavy (non-hydrogen) atoms. The summed E-state index contributed by atoms with van der Waals surface area (Å²) >= 11 is 5.02. The number of hydrogen-bond acceptors (Lipinski definition) is 4.